The zero-order chi connectivity index (χ0) is 7.56. The lowest BCUT2D eigenvalue weighted by Crippen LogP contribution is -2.22. The maximum absolute atomic E-state index is 7.11. The number of amidine groups is 1. The maximum Gasteiger partial charge on any atom is 0.114 e. The second kappa shape index (κ2) is 2.51. The van der Waals surface area contributed by atoms with Gasteiger partial charge >= 0.3 is 0 Å². The number of hydrogen-bond donors (Lipinski definition) is 2. The summed E-state index contributed by atoms with van der Waals surface area (Å²) in [6, 6.07) is -0.0810. The molecular formula is C6H10N4. The van der Waals surface area contributed by atoms with Crippen molar-refractivity contribution in [1.29, 1.82) is 5.41 Å². The second-order valence-electron chi connectivity index (χ2n) is 2.14. The molecule has 1 aromatic rings. The normalized spacial score (nSPS) is 12.9. The molecule has 0 bridgehead atoms. The van der Waals surface area contributed by atoms with E-state index < -0.39 is 0 Å². The minimum atomic E-state index is -0.0810. The summed E-state index contributed by atoms with van der Waals surface area (Å²) in [5.41, 5.74) is 5.26. The molecule has 0 fully saturated rings. The van der Waals surface area contributed by atoms with Crippen molar-refractivity contribution in [2.24, 2.45) is 5.73 Å². The van der Waals surface area contributed by atoms with E-state index in [2.05, 4.69) is 4.98 Å². The molecule has 0 radical (unpaired) electrons. The van der Waals surface area contributed by atoms with Crippen LogP contribution in [0.2, 0.25) is 0 Å². The first kappa shape index (κ1) is 6.80. The predicted octanol–water partition coefficient (Wildman–Crippen LogP) is 0.380. The van der Waals surface area contributed by atoms with Gasteiger partial charge in [0.15, 0.2) is 0 Å². The third-order valence-corrected chi connectivity index (χ3v) is 1.42. The molecule has 54 valence electrons. The molecule has 0 aliphatic carbocycles. The molecule has 1 rings (SSSR count). The van der Waals surface area contributed by atoms with E-state index in [0.717, 1.165) is 0 Å². The van der Waals surface area contributed by atoms with Gasteiger partial charge in [-0.2, -0.15) is 0 Å². The van der Waals surface area contributed by atoms with Crippen LogP contribution >= 0.6 is 0 Å². The van der Waals surface area contributed by atoms with Crippen LogP contribution in [0.5, 0.6) is 0 Å². The molecule has 4 heteroatoms. The summed E-state index contributed by atoms with van der Waals surface area (Å²) < 4.78 is 1.78. The second-order valence-corrected chi connectivity index (χ2v) is 2.14. The van der Waals surface area contributed by atoms with Crippen LogP contribution in [0.4, 0.5) is 0 Å². The van der Waals surface area contributed by atoms with Crippen LogP contribution in [-0.2, 0) is 0 Å². The van der Waals surface area contributed by atoms with E-state index in [1.165, 1.54) is 0 Å². The minimum Gasteiger partial charge on any atom is -0.386 e. The van der Waals surface area contributed by atoms with Crippen LogP contribution in [0.3, 0.4) is 0 Å². The molecule has 0 aliphatic rings. The lowest BCUT2D eigenvalue weighted by atomic mass is 10.3. The summed E-state index contributed by atoms with van der Waals surface area (Å²) in [6.45, 7) is 1.85. The smallest absolute Gasteiger partial charge is 0.114 e. The molecule has 0 spiro atoms. The van der Waals surface area contributed by atoms with Gasteiger partial charge in [-0.05, 0) is 6.92 Å². The Balaban J connectivity index is 2.77. The number of hydrogen-bond acceptors (Lipinski definition) is 2. The van der Waals surface area contributed by atoms with Crippen molar-refractivity contribution >= 4 is 5.84 Å². The van der Waals surface area contributed by atoms with Crippen molar-refractivity contribution < 1.29 is 0 Å². The Morgan fingerprint density at radius 2 is 2.50 bits per heavy atom. The van der Waals surface area contributed by atoms with E-state index in [-0.39, 0.29) is 11.9 Å². The molecule has 3 N–H and O–H groups in total. The summed E-state index contributed by atoms with van der Waals surface area (Å²) in [7, 11) is 0. The Morgan fingerprint density at radius 3 is 2.90 bits per heavy atom. The van der Waals surface area contributed by atoms with Gasteiger partial charge in [-0.25, -0.2) is 4.98 Å². The van der Waals surface area contributed by atoms with E-state index >= 15 is 0 Å². The van der Waals surface area contributed by atoms with E-state index in [1.807, 2.05) is 6.92 Å². The number of nitrogens with two attached hydrogens (primary N) is 1. The van der Waals surface area contributed by atoms with Gasteiger partial charge < -0.3 is 10.3 Å². The Hall–Kier alpha value is -1.32. The summed E-state index contributed by atoms with van der Waals surface area (Å²) in [5.74, 6) is 0.151. The van der Waals surface area contributed by atoms with Gasteiger partial charge in [-0.1, -0.05) is 0 Å². The van der Waals surface area contributed by atoms with Crippen LogP contribution < -0.4 is 5.73 Å². The largest absolute Gasteiger partial charge is 0.386 e. The number of imidazole rings is 1. The molecule has 1 atom stereocenters. The first-order valence-corrected chi connectivity index (χ1v) is 3.03. The Morgan fingerprint density at radius 1 is 1.80 bits per heavy atom. The van der Waals surface area contributed by atoms with Crippen molar-refractivity contribution in [2.45, 2.75) is 13.0 Å². The Labute approximate surface area is 59.2 Å². The van der Waals surface area contributed by atoms with Crippen molar-refractivity contribution in [3.8, 4) is 0 Å². The molecule has 0 aliphatic heterocycles. The highest BCUT2D eigenvalue weighted by molar-refractivity contribution is 5.80. The average molecular weight is 138 g/mol. The highest BCUT2D eigenvalue weighted by atomic mass is 15.1. The van der Waals surface area contributed by atoms with Crippen molar-refractivity contribution in [3.05, 3.63) is 18.7 Å². The fraction of sp³-hybridized carbons (Fsp3) is 0.333. The monoisotopic (exact) mass is 138 g/mol. The van der Waals surface area contributed by atoms with Gasteiger partial charge in [0.05, 0.1) is 12.4 Å². The molecule has 1 heterocycles. The number of aromatic nitrogens is 2. The molecule has 1 aromatic heterocycles. The predicted molar refractivity (Wildman–Crippen MR) is 38.9 cm³/mol. The van der Waals surface area contributed by atoms with Crippen LogP contribution in [0.25, 0.3) is 0 Å². The molecular weight excluding hydrogens is 128 g/mol. The standard InChI is InChI=1S/C6H10N4/c1-5(6(7)8)10-3-2-9-4-10/h2-5H,1H3,(H3,7,8). The summed E-state index contributed by atoms with van der Waals surface area (Å²) in [4.78, 5) is 3.84. The van der Waals surface area contributed by atoms with Crippen LogP contribution in [0.15, 0.2) is 18.7 Å². The Kier molecular flexibility index (Phi) is 1.71. The van der Waals surface area contributed by atoms with Crippen molar-refractivity contribution in [1.82, 2.24) is 9.55 Å². The van der Waals surface area contributed by atoms with E-state index in [9.17, 15) is 0 Å². The van der Waals surface area contributed by atoms with Crippen LogP contribution in [0.1, 0.15) is 13.0 Å². The van der Waals surface area contributed by atoms with Crippen LogP contribution in [0, 0.1) is 5.41 Å². The molecule has 0 amide bonds. The molecule has 0 aromatic carbocycles. The topological polar surface area (TPSA) is 67.7 Å². The molecule has 1 unspecified atom stereocenters. The van der Waals surface area contributed by atoms with E-state index in [4.69, 9.17) is 11.1 Å². The fourth-order valence-electron chi connectivity index (χ4n) is 0.659. The molecule has 0 saturated heterocycles. The van der Waals surface area contributed by atoms with Gasteiger partial charge in [0.1, 0.15) is 5.84 Å². The van der Waals surface area contributed by atoms with E-state index in [1.54, 1.807) is 23.3 Å². The highest BCUT2D eigenvalue weighted by Gasteiger charge is 2.04. The van der Waals surface area contributed by atoms with Crippen molar-refractivity contribution in [2.75, 3.05) is 0 Å². The van der Waals surface area contributed by atoms with Gasteiger partial charge in [0.2, 0.25) is 0 Å². The third-order valence-electron chi connectivity index (χ3n) is 1.42. The minimum absolute atomic E-state index is 0.0810. The summed E-state index contributed by atoms with van der Waals surface area (Å²) >= 11 is 0. The van der Waals surface area contributed by atoms with Crippen molar-refractivity contribution in [3.63, 3.8) is 0 Å². The number of nitrogens with one attached hydrogen (secondary N) is 1. The molecule has 4 nitrogen and oxygen atoms in total. The van der Waals surface area contributed by atoms with Crippen LogP contribution in [-0.4, -0.2) is 15.4 Å². The van der Waals surface area contributed by atoms with Gasteiger partial charge in [0.25, 0.3) is 0 Å². The zero-order valence-corrected chi connectivity index (χ0v) is 5.78. The van der Waals surface area contributed by atoms with E-state index in [0.29, 0.717) is 0 Å². The molecule has 10 heavy (non-hydrogen) atoms. The average Bonchev–Trinajstić information content (AvgIpc) is 2.36. The quantitative estimate of drug-likeness (QED) is 0.458. The first-order chi connectivity index (χ1) is 4.72. The SMILES string of the molecule is CC(C(=N)N)n1ccnc1. The fourth-order valence-corrected chi connectivity index (χ4v) is 0.659. The number of nitrogens with zero attached hydrogens (tertiary/aromatic N) is 2. The summed E-state index contributed by atoms with van der Waals surface area (Å²) in [6.07, 6.45) is 5.09. The Bertz CT molecular complexity index is 214. The third kappa shape index (κ3) is 1.15. The van der Waals surface area contributed by atoms with Gasteiger partial charge in [0, 0.05) is 12.4 Å². The van der Waals surface area contributed by atoms with Gasteiger partial charge in [-0.15, -0.1) is 0 Å². The lowest BCUT2D eigenvalue weighted by Gasteiger charge is -2.09. The highest BCUT2D eigenvalue weighted by Crippen LogP contribution is 2.01. The summed E-state index contributed by atoms with van der Waals surface area (Å²) in [5, 5.41) is 7.11. The lowest BCUT2D eigenvalue weighted by molar-refractivity contribution is 0.685. The molecule has 0 saturated carbocycles. The maximum atomic E-state index is 7.11. The zero-order valence-electron chi connectivity index (χ0n) is 5.78. The first-order valence-electron chi connectivity index (χ1n) is 3.03. The van der Waals surface area contributed by atoms with Gasteiger partial charge in [-0.3, -0.25) is 5.41 Å². The number of rotatable bonds is 2.